The zero-order valence-corrected chi connectivity index (χ0v) is 11.4. The maximum Gasteiger partial charge on any atom is 0.134 e. The molecule has 98 valence electrons. The van der Waals surface area contributed by atoms with Gasteiger partial charge in [0.25, 0.3) is 0 Å². The van der Waals surface area contributed by atoms with Gasteiger partial charge >= 0.3 is 0 Å². The van der Waals surface area contributed by atoms with Gasteiger partial charge in [0.1, 0.15) is 5.58 Å². The molecule has 2 aromatic rings. The highest BCUT2D eigenvalue weighted by molar-refractivity contribution is 5.81. The Morgan fingerprint density at radius 2 is 2.06 bits per heavy atom. The molecule has 0 amide bonds. The molecule has 18 heavy (non-hydrogen) atoms. The molecule has 1 aromatic heterocycles. The minimum atomic E-state index is 0.419. The molecule has 1 N–H and O–H groups in total. The molecule has 2 rings (SSSR count). The number of para-hydroxylation sites is 1. The van der Waals surface area contributed by atoms with Crippen molar-refractivity contribution in [1.82, 2.24) is 10.2 Å². The third-order valence-corrected chi connectivity index (χ3v) is 3.40. The molecular weight excluding hydrogens is 224 g/mol. The highest BCUT2D eigenvalue weighted by Gasteiger charge is 2.18. The lowest BCUT2D eigenvalue weighted by atomic mass is 10.0. The summed E-state index contributed by atoms with van der Waals surface area (Å²) in [5.41, 5.74) is 2.28. The van der Waals surface area contributed by atoms with Gasteiger partial charge in [0.05, 0.1) is 6.26 Å². The SMILES string of the molecule is CNCCCC(c1coc2ccccc12)N(C)C. The molecule has 1 aromatic carbocycles. The second-order valence-corrected chi connectivity index (χ2v) is 4.91. The summed E-state index contributed by atoms with van der Waals surface area (Å²) in [6.45, 7) is 1.06. The summed E-state index contributed by atoms with van der Waals surface area (Å²) in [6, 6.07) is 8.67. The van der Waals surface area contributed by atoms with Gasteiger partial charge in [0.2, 0.25) is 0 Å². The van der Waals surface area contributed by atoms with E-state index in [-0.39, 0.29) is 0 Å². The third kappa shape index (κ3) is 2.74. The first kappa shape index (κ1) is 13.1. The van der Waals surface area contributed by atoms with E-state index in [2.05, 4.69) is 36.4 Å². The molecule has 1 atom stereocenters. The second kappa shape index (κ2) is 6.03. The first-order chi connectivity index (χ1) is 8.74. The lowest BCUT2D eigenvalue weighted by Gasteiger charge is -2.23. The minimum Gasteiger partial charge on any atom is -0.464 e. The summed E-state index contributed by atoms with van der Waals surface area (Å²) in [5.74, 6) is 0. The fraction of sp³-hybridized carbons (Fsp3) is 0.467. The average Bonchev–Trinajstić information content (AvgIpc) is 2.78. The lowest BCUT2D eigenvalue weighted by molar-refractivity contribution is 0.278. The number of hydrogen-bond donors (Lipinski definition) is 1. The maximum atomic E-state index is 5.64. The maximum absolute atomic E-state index is 5.64. The van der Waals surface area contributed by atoms with Crippen LogP contribution in [0.3, 0.4) is 0 Å². The highest BCUT2D eigenvalue weighted by Crippen LogP contribution is 2.31. The van der Waals surface area contributed by atoms with Crippen LogP contribution in [0.4, 0.5) is 0 Å². The van der Waals surface area contributed by atoms with Crippen molar-refractivity contribution in [2.24, 2.45) is 0 Å². The van der Waals surface area contributed by atoms with E-state index in [0.29, 0.717) is 6.04 Å². The van der Waals surface area contributed by atoms with E-state index in [1.54, 1.807) is 0 Å². The Labute approximate surface area is 109 Å². The second-order valence-electron chi connectivity index (χ2n) is 4.91. The smallest absolute Gasteiger partial charge is 0.134 e. The predicted molar refractivity (Wildman–Crippen MR) is 75.8 cm³/mol. The molecule has 0 radical (unpaired) electrons. The Balaban J connectivity index is 2.24. The molecule has 0 saturated heterocycles. The van der Waals surface area contributed by atoms with Crippen molar-refractivity contribution < 1.29 is 4.42 Å². The van der Waals surface area contributed by atoms with Crippen LogP contribution in [0, 0.1) is 0 Å². The lowest BCUT2D eigenvalue weighted by Crippen LogP contribution is -2.21. The average molecular weight is 246 g/mol. The van der Waals surface area contributed by atoms with Gasteiger partial charge in [-0.3, -0.25) is 0 Å². The van der Waals surface area contributed by atoms with Gasteiger partial charge in [-0.25, -0.2) is 0 Å². The quantitative estimate of drug-likeness (QED) is 0.794. The predicted octanol–water partition coefficient (Wildman–Crippen LogP) is 3.04. The van der Waals surface area contributed by atoms with E-state index in [0.717, 1.165) is 18.5 Å². The Kier molecular flexibility index (Phi) is 4.39. The van der Waals surface area contributed by atoms with E-state index in [4.69, 9.17) is 4.42 Å². The third-order valence-electron chi connectivity index (χ3n) is 3.40. The Morgan fingerprint density at radius 3 is 2.78 bits per heavy atom. The summed E-state index contributed by atoms with van der Waals surface area (Å²) in [6.07, 6.45) is 4.21. The Hall–Kier alpha value is -1.32. The van der Waals surface area contributed by atoms with Crippen molar-refractivity contribution in [3.8, 4) is 0 Å². The fourth-order valence-electron chi connectivity index (χ4n) is 2.42. The summed E-state index contributed by atoms with van der Waals surface area (Å²) in [5, 5.41) is 4.44. The molecule has 0 bridgehead atoms. The van der Waals surface area contributed by atoms with Crippen molar-refractivity contribution in [2.45, 2.75) is 18.9 Å². The van der Waals surface area contributed by atoms with Crippen LogP contribution in [0.15, 0.2) is 34.9 Å². The van der Waals surface area contributed by atoms with E-state index in [9.17, 15) is 0 Å². The van der Waals surface area contributed by atoms with Gasteiger partial charge in [0, 0.05) is 17.0 Å². The van der Waals surface area contributed by atoms with Gasteiger partial charge in [-0.15, -0.1) is 0 Å². The zero-order chi connectivity index (χ0) is 13.0. The number of fused-ring (bicyclic) bond motifs is 1. The summed E-state index contributed by atoms with van der Waals surface area (Å²) >= 11 is 0. The van der Waals surface area contributed by atoms with Crippen molar-refractivity contribution >= 4 is 11.0 Å². The molecule has 3 nitrogen and oxygen atoms in total. The first-order valence-corrected chi connectivity index (χ1v) is 6.51. The monoisotopic (exact) mass is 246 g/mol. The van der Waals surface area contributed by atoms with Crippen LogP contribution in [-0.4, -0.2) is 32.6 Å². The molecule has 0 spiro atoms. The number of nitrogens with zero attached hydrogens (tertiary/aromatic N) is 1. The van der Waals surface area contributed by atoms with Gasteiger partial charge in [-0.05, 0) is 46.6 Å². The van der Waals surface area contributed by atoms with E-state index in [1.807, 2.05) is 25.4 Å². The van der Waals surface area contributed by atoms with Gasteiger partial charge in [-0.2, -0.15) is 0 Å². The van der Waals surface area contributed by atoms with Crippen molar-refractivity contribution in [3.05, 3.63) is 36.1 Å². The van der Waals surface area contributed by atoms with E-state index in [1.165, 1.54) is 17.4 Å². The highest BCUT2D eigenvalue weighted by atomic mass is 16.3. The number of hydrogen-bond acceptors (Lipinski definition) is 3. The van der Waals surface area contributed by atoms with Crippen LogP contribution in [-0.2, 0) is 0 Å². The molecule has 0 fully saturated rings. The van der Waals surface area contributed by atoms with Crippen LogP contribution < -0.4 is 5.32 Å². The Morgan fingerprint density at radius 1 is 1.28 bits per heavy atom. The topological polar surface area (TPSA) is 28.4 Å². The molecular formula is C15H22N2O. The summed E-state index contributed by atoms with van der Waals surface area (Å²) in [4.78, 5) is 2.27. The summed E-state index contributed by atoms with van der Waals surface area (Å²) < 4.78 is 5.64. The molecule has 0 aliphatic heterocycles. The van der Waals surface area contributed by atoms with Crippen LogP contribution in [0.5, 0.6) is 0 Å². The Bertz CT molecular complexity index is 490. The normalized spacial score (nSPS) is 13.3. The molecule has 0 aliphatic rings. The van der Waals surface area contributed by atoms with E-state index < -0.39 is 0 Å². The number of benzene rings is 1. The fourth-order valence-corrected chi connectivity index (χ4v) is 2.42. The van der Waals surface area contributed by atoms with Crippen LogP contribution in [0.1, 0.15) is 24.4 Å². The summed E-state index contributed by atoms with van der Waals surface area (Å²) in [7, 11) is 6.26. The van der Waals surface area contributed by atoms with Gasteiger partial charge in [0.15, 0.2) is 0 Å². The standard InChI is InChI=1S/C15H22N2O/c1-16-10-6-8-14(17(2)3)13-11-18-15-9-5-4-7-12(13)15/h4-5,7,9,11,14,16H,6,8,10H2,1-3H3. The first-order valence-electron chi connectivity index (χ1n) is 6.51. The minimum absolute atomic E-state index is 0.419. The molecule has 0 aliphatic carbocycles. The number of furan rings is 1. The van der Waals surface area contributed by atoms with Gasteiger partial charge < -0.3 is 14.6 Å². The molecule has 0 saturated carbocycles. The molecule has 1 heterocycles. The van der Waals surface area contributed by atoms with Crippen LogP contribution >= 0.6 is 0 Å². The largest absolute Gasteiger partial charge is 0.464 e. The van der Waals surface area contributed by atoms with Gasteiger partial charge in [-0.1, -0.05) is 18.2 Å². The van der Waals surface area contributed by atoms with Crippen molar-refractivity contribution in [1.29, 1.82) is 0 Å². The van der Waals surface area contributed by atoms with Crippen molar-refractivity contribution in [2.75, 3.05) is 27.7 Å². The zero-order valence-electron chi connectivity index (χ0n) is 11.4. The van der Waals surface area contributed by atoms with Crippen LogP contribution in [0.2, 0.25) is 0 Å². The molecule has 3 heteroatoms. The van der Waals surface area contributed by atoms with E-state index >= 15 is 0 Å². The van der Waals surface area contributed by atoms with Crippen molar-refractivity contribution in [3.63, 3.8) is 0 Å². The number of rotatable bonds is 6. The number of nitrogens with one attached hydrogen (secondary N) is 1. The van der Waals surface area contributed by atoms with Crippen LogP contribution in [0.25, 0.3) is 11.0 Å². The molecule has 1 unspecified atom stereocenters.